The zero-order chi connectivity index (χ0) is 13.1. The summed E-state index contributed by atoms with van der Waals surface area (Å²) in [6, 6.07) is 1.07. The largest absolute Gasteiger partial charge is 0.379 e. The summed E-state index contributed by atoms with van der Waals surface area (Å²) in [6.07, 6.45) is 11.2. The molecule has 3 rings (SSSR count). The summed E-state index contributed by atoms with van der Waals surface area (Å²) in [4.78, 5) is 4.68. The topological polar surface area (TPSA) is 39.1 Å². The van der Waals surface area contributed by atoms with E-state index in [1.807, 2.05) is 0 Å². The van der Waals surface area contributed by atoms with Gasteiger partial charge in [-0.2, -0.15) is 0 Å². The number of nitrogens with zero attached hydrogens (tertiary/aromatic N) is 2. The minimum Gasteiger partial charge on any atom is -0.379 e. The van der Waals surface area contributed by atoms with E-state index in [4.69, 9.17) is 4.74 Å². The molecule has 1 saturated carbocycles. The second-order valence-corrected chi connectivity index (χ2v) is 5.96. The van der Waals surface area contributed by atoms with Crippen molar-refractivity contribution in [3.8, 4) is 0 Å². The maximum atomic E-state index is 5.61. The number of ether oxygens (including phenoxy) is 1. The first-order chi connectivity index (χ1) is 9.33. The van der Waals surface area contributed by atoms with E-state index >= 15 is 0 Å². The highest BCUT2D eigenvalue weighted by Gasteiger charge is 2.21. The number of hydrogen-bond acceptors (Lipinski definition) is 3. The molecule has 0 spiro atoms. The number of anilines is 1. The molecule has 0 amide bonds. The number of hydrogen-bond donors (Lipinski definition) is 1. The van der Waals surface area contributed by atoms with E-state index in [0.717, 1.165) is 31.3 Å². The molecule has 2 aliphatic rings. The lowest BCUT2D eigenvalue weighted by atomic mass is 9.96. The van der Waals surface area contributed by atoms with Gasteiger partial charge in [0.2, 0.25) is 5.95 Å². The van der Waals surface area contributed by atoms with E-state index in [2.05, 4.69) is 28.0 Å². The van der Waals surface area contributed by atoms with Gasteiger partial charge >= 0.3 is 0 Å². The average Bonchev–Trinajstić information content (AvgIpc) is 2.82. The molecule has 1 unspecified atom stereocenters. The molecule has 0 radical (unpaired) electrons. The van der Waals surface area contributed by atoms with Gasteiger partial charge in [-0.3, -0.25) is 0 Å². The van der Waals surface area contributed by atoms with Crippen LogP contribution in [0.25, 0.3) is 0 Å². The Balaban J connectivity index is 1.72. The minimum absolute atomic E-state index is 0.459. The maximum absolute atomic E-state index is 5.61. The van der Waals surface area contributed by atoms with Crippen molar-refractivity contribution >= 4 is 5.95 Å². The van der Waals surface area contributed by atoms with Crippen LogP contribution in [0.4, 0.5) is 5.95 Å². The van der Waals surface area contributed by atoms with Crippen LogP contribution in [-0.4, -0.2) is 28.8 Å². The van der Waals surface area contributed by atoms with Crippen molar-refractivity contribution in [1.29, 1.82) is 0 Å². The fourth-order valence-corrected chi connectivity index (χ4v) is 3.27. The Labute approximate surface area is 115 Å². The minimum atomic E-state index is 0.459. The van der Waals surface area contributed by atoms with Gasteiger partial charge in [0.15, 0.2) is 0 Å². The molecule has 2 heterocycles. The molecule has 2 fully saturated rings. The summed E-state index contributed by atoms with van der Waals surface area (Å²) in [5, 5.41) is 3.66. The van der Waals surface area contributed by atoms with Gasteiger partial charge in [0.25, 0.3) is 0 Å². The molecule has 0 aromatic carbocycles. The van der Waals surface area contributed by atoms with Crippen LogP contribution in [0, 0.1) is 6.92 Å². The Hall–Kier alpha value is -1.03. The van der Waals surface area contributed by atoms with Crippen molar-refractivity contribution in [2.45, 2.75) is 64.0 Å². The highest BCUT2D eigenvalue weighted by molar-refractivity contribution is 5.31. The van der Waals surface area contributed by atoms with Gasteiger partial charge in [0.1, 0.15) is 0 Å². The quantitative estimate of drug-likeness (QED) is 0.909. The van der Waals surface area contributed by atoms with Gasteiger partial charge in [-0.25, -0.2) is 4.98 Å². The van der Waals surface area contributed by atoms with E-state index in [9.17, 15) is 0 Å². The number of nitrogens with one attached hydrogen (secondary N) is 1. The maximum Gasteiger partial charge on any atom is 0.203 e. The van der Waals surface area contributed by atoms with E-state index in [-0.39, 0.29) is 0 Å². The molecule has 4 heteroatoms. The van der Waals surface area contributed by atoms with Gasteiger partial charge in [-0.05, 0) is 32.6 Å². The van der Waals surface area contributed by atoms with Gasteiger partial charge < -0.3 is 14.6 Å². The zero-order valence-electron chi connectivity index (χ0n) is 11.9. The van der Waals surface area contributed by atoms with Crippen LogP contribution >= 0.6 is 0 Å². The van der Waals surface area contributed by atoms with Crippen molar-refractivity contribution in [3.63, 3.8) is 0 Å². The summed E-state index contributed by atoms with van der Waals surface area (Å²) in [5.74, 6) is 1.06. The summed E-state index contributed by atoms with van der Waals surface area (Å²) in [5.41, 5.74) is 1.10. The van der Waals surface area contributed by atoms with Gasteiger partial charge in [-0.1, -0.05) is 19.3 Å². The number of aromatic nitrogens is 2. The van der Waals surface area contributed by atoms with Crippen LogP contribution in [0.5, 0.6) is 0 Å². The molecule has 19 heavy (non-hydrogen) atoms. The number of aryl methyl sites for hydroxylation is 1. The van der Waals surface area contributed by atoms with E-state index in [0.29, 0.717) is 12.1 Å². The first kappa shape index (κ1) is 13.0. The van der Waals surface area contributed by atoms with Crippen molar-refractivity contribution < 1.29 is 4.74 Å². The Morgan fingerprint density at radius 3 is 2.79 bits per heavy atom. The molecule has 1 N–H and O–H groups in total. The second kappa shape index (κ2) is 5.95. The van der Waals surface area contributed by atoms with Gasteiger partial charge in [0, 0.05) is 18.8 Å². The van der Waals surface area contributed by atoms with E-state index < -0.39 is 0 Å². The standard InChI is InChI=1S/C15H25N3O/c1-12-10-18(14-8-5-9-19-11-14)15(16-12)17-13-6-3-2-4-7-13/h10,13-14H,2-9,11H2,1H3,(H,16,17). The van der Waals surface area contributed by atoms with Crippen LogP contribution < -0.4 is 5.32 Å². The molecule has 0 bridgehead atoms. The second-order valence-electron chi connectivity index (χ2n) is 5.96. The van der Waals surface area contributed by atoms with Crippen LogP contribution in [0.1, 0.15) is 56.7 Å². The van der Waals surface area contributed by atoms with Crippen LogP contribution in [0.15, 0.2) is 6.20 Å². The third kappa shape index (κ3) is 3.11. The molecular formula is C15H25N3O. The highest BCUT2D eigenvalue weighted by Crippen LogP contribution is 2.26. The SMILES string of the molecule is Cc1cn(C2CCCOC2)c(NC2CCCCC2)n1. The lowest BCUT2D eigenvalue weighted by Crippen LogP contribution is -2.27. The lowest BCUT2D eigenvalue weighted by Gasteiger charge is -2.28. The fraction of sp³-hybridized carbons (Fsp3) is 0.800. The van der Waals surface area contributed by atoms with E-state index in [1.165, 1.54) is 38.5 Å². The van der Waals surface area contributed by atoms with Crippen molar-refractivity contribution in [2.75, 3.05) is 18.5 Å². The molecule has 1 aliphatic carbocycles. The fourth-order valence-electron chi connectivity index (χ4n) is 3.27. The molecule has 1 aromatic heterocycles. The Morgan fingerprint density at radius 1 is 1.21 bits per heavy atom. The summed E-state index contributed by atoms with van der Waals surface area (Å²) in [7, 11) is 0. The first-order valence-electron chi connectivity index (χ1n) is 7.72. The molecule has 4 nitrogen and oxygen atoms in total. The predicted molar refractivity (Wildman–Crippen MR) is 76.5 cm³/mol. The van der Waals surface area contributed by atoms with Crippen molar-refractivity contribution in [3.05, 3.63) is 11.9 Å². The third-order valence-corrected chi connectivity index (χ3v) is 4.32. The zero-order valence-corrected chi connectivity index (χ0v) is 11.9. The Kier molecular flexibility index (Phi) is 4.06. The summed E-state index contributed by atoms with van der Waals surface area (Å²) >= 11 is 0. The smallest absolute Gasteiger partial charge is 0.203 e. The Bertz CT molecular complexity index is 404. The highest BCUT2D eigenvalue weighted by atomic mass is 16.5. The molecule has 1 aromatic rings. The summed E-state index contributed by atoms with van der Waals surface area (Å²) < 4.78 is 7.92. The molecule has 1 aliphatic heterocycles. The van der Waals surface area contributed by atoms with E-state index in [1.54, 1.807) is 0 Å². The average molecular weight is 263 g/mol. The molecule has 106 valence electrons. The number of rotatable bonds is 3. The van der Waals surface area contributed by atoms with Crippen LogP contribution in [0.3, 0.4) is 0 Å². The monoisotopic (exact) mass is 263 g/mol. The first-order valence-corrected chi connectivity index (χ1v) is 7.72. The van der Waals surface area contributed by atoms with Gasteiger partial charge in [-0.15, -0.1) is 0 Å². The predicted octanol–water partition coefficient (Wildman–Crippen LogP) is 3.29. The van der Waals surface area contributed by atoms with Crippen molar-refractivity contribution in [2.24, 2.45) is 0 Å². The molecule has 1 atom stereocenters. The summed E-state index contributed by atoms with van der Waals surface area (Å²) in [6.45, 7) is 3.82. The van der Waals surface area contributed by atoms with Crippen molar-refractivity contribution in [1.82, 2.24) is 9.55 Å². The molecular weight excluding hydrogens is 238 g/mol. The van der Waals surface area contributed by atoms with Crippen LogP contribution in [0.2, 0.25) is 0 Å². The number of imidazole rings is 1. The van der Waals surface area contributed by atoms with Crippen LogP contribution in [-0.2, 0) is 4.74 Å². The van der Waals surface area contributed by atoms with Gasteiger partial charge in [0.05, 0.1) is 18.3 Å². The normalized spacial score (nSPS) is 25.4. The Morgan fingerprint density at radius 2 is 2.05 bits per heavy atom. The lowest BCUT2D eigenvalue weighted by molar-refractivity contribution is 0.0597. The molecule has 1 saturated heterocycles. The third-order valence-electron chi connectivity index (χ3n) is 4.32.